The predicted molar refractivity (Wildman–Crippen MR) is 165 cm³/mol. The van der Waals surface area contributed by atoms with Crippen LogP contribution in [0.2, 0.25) is 0 Å². The highest BCUT2D eigenvalue weighted by molar-refractivity contribution is 5.69. The maximum atomic E-state index is 12.1. The molecule has 234 valence electrons. The van der Waals surface area contributed by atoms with Gasteiger partial charge in [-0.3, -0.25) is 4.79 Å². The van der Waals surface area contributed by atoms with E-state index in [1.807, 2.05) is 0 Å². The lowest BCUT2D eigenvalue weighted by atomic mass is 9.97. The van der Waals surface area contributed by atoms with Gasteiger partial charge < -0.3 is 19.7 Å². The van der Waals surface area contributed by atoms with Crippen LogP contribution in [0.3, 0.4) is 0 Å². The number of esters is 1. The monoisotopic (exact) mass is 557 g/mol. The number of rotatable bonds is 29. The Morgan fingerprint density at radius 3 is 1.77 bits per heavy atom. The van der Waals surface area contributed by atoms with Gasteiger partial charge in [-0.1, -0.05) is 125 Å². The number of unbranched alkanes of at least 4 members (excludes halogenated alkanes) is 9. The molecule has 0 aromatic heterocycles. The van der Waals surface area contributed by atoms with E-state index in [9.17, 15) is 15.0 Å². The zero-order chi connectivity index (χ0) is 29.1. The van der Waals surface area contributed by atoms with Crippen LogP contribution in [0.15, 0.2) is 0 Å². The molecule has 0 aliphatic heterocycles. The van der Waals surface area contributed by atoms with Gasteiger partial charge in [0, 0.05) is 19.4 Å². The molecule has 0 heterocycles. The fourth-order valence-corrected chi connectivity index (χ4v) is 5.21. The molecule has 0 radical (unpaired) electrons. The topological polar surface area (TPSA) is 76.0 Å². The van der Waals surface area contributed by atoms with Crippen LogP contribution in [0.5, 0.6) is 0 Å². The molecule has 0 aromatic rings. The van der Waals surface area contributed by atoms with Gasteiger partial charge in [0.1, 0.15) is 0 Å². The third-order valence-electron chi connectivity index (χ3n) is 8.32. The van der Waals surface area contributed by atoms with Crippen molar-refractivity contribution in [1.29, 1.82) is 0 Å². The van der Waals surface area contributed by atoms with Gasteiger partial charge in [0.25, 0.3) is 0 Å². The standard InChI is InChI=1S/C34H68O5/c1-6-11-14-18-23-31(35)26-33(38-27-29(9-4)21-12-7-2)32(36)24-19-16-15-17-20-25-34(37)39-28-30(10-5)22-13-8-3/h29-33,35-36H,6-28H2,1-5H3. The second-order valence-electron chi connectivity index (χ2n) is 12.0. The van der Waals surface area contributed by atoms with E-state index in [4.69, 9.17) is 9.47 Å². The largest absolute Gasteiger partial charge is 0.465 e. The van der Waals surface area contributed by atoms with Gasteiger partial charge in [-0.25, -0.2) is 0 Å². The van der Waals surface area contributed by atoms with E-state index >= 15 is 0 Å². The van der Waals surface area contributed by atoms with E-state index in [1.54, 1.807) is 0 Å². The molecule has 0 aromatic carbocycles. The lowest BCUT2D eigenvalue weighted by molar-refractivity contribution is -0.145. The van der Waals surface area contributed by atoms with Crippen molar-refractivity contribution >= 4 is 5.97 Å². The summed E-state index contributed by atoms with van der Waals surface area (Å²) in [6.45, 7) is 12.3. The fraction of sp³-hybridized carbons (Fsp3) is 0.971. The number of aliphatic hydroxyl groups is 2. The SMILES string of the molecule is CCCCCCC(O)CC(OCC(CC)CCCC)C(O)CCCCCCCC(=O)OCC(CC)CCCC. The lowest BCUT2D eigenvalue weighted by Gasteiger charge is -2.28. The van der Waals surface area contributed by atoms with Gasteiger partial charge in [0.05, 0.1) is 24.9 Å². The second kappa shape index (κ2) is 27.5. The molecule has 5 unspecified atom stereocenters. The lowest BCUT2D eigenvalue weighted by Crippen LogP contribution is -2.34. The van der Waals surface area contributed by atoms with Gasteiger partial charge in [0.2, 0.25) is 0 Å². The third kappa shape index (κ3) is 22.7. The van der Waals surface area contributed by atoms with Crippen molar-refractivity contribution in [3.63, 3.8) is 0 Å². The van der Waals surface area contributed by atoms with Crippen LogP contribution in [-0.2, 0) is 14.3 Å². The highest BCUT2D eigenvalue weighted by Gasteiger charge is 2.24. The molecule has 0 fully saturated rings. The summed E-state index contributed by atoms with van der Waals surface area (Å²) in [4.78, 5) is 12.1. The van der Waals surface area contributed by atoms with Crippen molar-refractivity contribution in [1.82, 2.24) is 0 Å². The molecule has 5 nitrogen and oxygen atoms in total. The molecule has 0 aliphatic rings. The fourth-order valence-electron chi connectivity index (χ4n) is 5.21. The summed E-state index contributed by atoms with van der Waals surface area (Å²) in [6.07, 6.45) is 20.1. The third-order valence-corrected chi connectivity index (χ3v) is 8.32. The van der Waals surface area contributed by atoms with Crippen LogP contribution in [-0.4, -0.2) is 47.7 Å². The highest BCUT2D eigenvalue weighted by atomic mass is 16.5. The first-order valence-corrected chi connectivity index (χ1v) is 17.0. The Balaban J connectivity index is 4.35. The minimum atomic E-state index is -0.534. The van der Waals surface area contributed by atoms with E-state index in [0.717, 1.165) is 70.6 Å². The van der Waals surface area contributed by atoms with Gasteiger partial charge in [-0.05, 0) is 43.9 Å². The first kappa shape index (κ1) is 38.4. The highest BCUT2D eigenvalue weighted by Crippen LogP contribution is 2.21. The molecule has 2 N–H and O–H groups in total. The van der Waals surface area contributed by atoms with Crippen molar-refractivity contribution in [2.24, 2.45) is 11.8 Å². The van der Waals surface area contributed by atoms with Crippen molar-refractivity contribution in [2.75, 3.05) is 13.2 Å². The molecule has 0 saturated carbocycles. The van der Waals surface area contributed by atoms with Crippen LogP contribution in [0.1, 0.15) is 169 Å². The number of carbonyl (C=O) groups excluding carboxylic acids is 1. The number of aliphatic hydroxyl groups excluding tert-OH is 2. The van der Waals surface area contributed by atoms with E-state index in [2.05, 4.69) is 34.6 Å². The van der Waals surface area contributed by atoms with E-state index in [0.29, 0.717) is 44.3 Å². The Morgan fingerprint density at radius 2 is 1.15 bits per heavy atom. The van der Waals surface area contributed by atoms with Gasteiger partial charge >= 0.3 is 5.97 Å². The molecule has 0 rings (SSSR count). The summed E-state index contributed by atoms with van der Waals surface area (Å²) < 4.78 is 11.8. The quantitative estimate of drug-likeness (QED) is 0.0709. The molecule has 0 saturated heterocycles. The Labute approximate surface area is 243 Å². The Morgan fingerprint density at radius 1 is 0.615 bits per heavy atom. The second-order valence-corrected chi connectivity index (χ2v) is 12.0. The van der Waals surface area contributed by atoms with Gasteiger partial charge in [-0.2, -0.15) is 0 Å². The summed E-state index contributed by atoms with van der Waals surface area (Å²) in [5.74, 6) is 0.967. The smallest absolute Gasteiger partial charge is 0.305 e. The molecule has 0 aliphatic carbocycles. The van der Waals surface area contributed by atoms with Gasteiger partial charge in [0.15, 0.2) is 0 Å². The normalized spacial score (nSPS) is 15.6. The Bertz CT molecular complexity index is 526. The van der Waals surface area contributed by atoms with E-state index < -0.39 is 12.2 Å². The molecule has 39 heavy (non-hydrogen) atoms. The van der Waals surface area contributed by atoms with Crippen molar-refractivity contribution in [3.8, 4) is 0 Å². The molecule has 0 bridgehead atoms. The summed E-state index contributed by atoms with van der Waals surface area (Å²) in [7, 11) is 0. The maximum Gasteiger partial charge on any atom is 0.305 e. The minimum Gasteiger partial charge on any atom is -0.465 e. The Kier molecular flexibility index (Phi) is 27.1. The summed E-state index contributed by atoms with van der Waals surface area (Å²) in [6, 6.07) is 0. The first-order chi connectivity index (χ1) is 18.9. The first-order valence-electron chi connectivity index (χ1n) is 17.0. The minimum absolute atomic E-state index is 0.0575. The number of ether oxygens (including phenoxy) is 2. The number of carbonyl (C=O) groups is 1. The maximum absolute atomic E-state index is 12.1. The molecular formula is C34H68O5. The van der Waals surface area contributed by atoms with Crippen LogP contribution >= 0.6 is 0 Å². The summed E-state index contributed by atoms with van der Waals surface area (Å²) >= 11 is 0. The molecule has 5 atom stereocenters. The van der Waals surface area contributed by atoms with Crippen molar-refractivity contribution in [2.45, 2.75) is 188 Å². The number of hydrogen-bond donors (Lipinski definition) is 2. The van der Waals surface area contributed by atoms with Crippen LogP contribution in [0.25, 0.3) is 0 Å². The van der Waals surface area contributed by atoms with Crippen LogP contribution in [0.4, 0.5) is 0 Å². The molecule has 0 amide bonds. The average molecular weight is 557 g/mol. The van der Waals surface area contributed by atoms with Crippen LogP contribution < -0.4 is 0 Å². The van der Waals surface area contributed by atoms with E-state index in [-0.39, 0.29) is 12.1 Å². The van der Waals surface area contributed by atoms with Crippen LogP contribution in [0, 0.1) is 11.8 Å². The Hall–Kier alpha value is -0.650. The molecule has 5 heteroatoms. The predicted octanol–water partition coefficient (Wildman–Crippen LogP) is 9.16. The van der Waals surface area contributed by atoms with Crippen molar-refractivity contribution < 1.29 is 24.5 Å². The summed E-state index contributed by atoms with van der Waals surface area (Å²) in [5.41, 5.74) is 0. The zero-order valence-corrected chi connectivity index (χ0v) is 26.8. The molecule has 0 spiro atoms. The van der Waals surface area contributed by atoms with Gasteiger partial charge in [-0.15, -0.1) is 0 Å². The van der Waals surface area contributed by atoms with E-state index in [1.165, 1.54) is 44.9 Å². The molecular weight excluding hydrogens is 488 g/mol. The number of hydrogen-bond acceptors (Lipinski definition) is 5. The average Bonchev–Trinajstić information content (AvgIpc) is 2.94. The van der Waals surface area contributed by atoms with Crippen molar-refractivity contribution in [3.05, 3.63) is 0 Å². The zero-order valence-electron chi connectivity index (χ0n) is 26.8. The summed E-state index contributed by atoms with van der Waals surface area (Å²) in [5, 5.41) is 21.6.